The van der Waals surface area contributed by atoms with Gasteiger partial charge in [-0.3, -0.25) is 0 Å². The molecule has 0 fully saturated rings. The smallest absolute Gasteiger partial charge is 0.120 e. The lowest BCUT2D eigenvalue weighted by Gasteiger charge is -2.18. The van der Waals surface area contributed by atoms with Gasteiger partial charge in [-0.15, -0.1) is 0 Å². The van der Waals surface area contributed by atoms with Crippen LogP contribution in [0.15, 0.2) is 45.3 Å². The average molecular weight is 385 g/mol. The molecule has 0 aromatic heterocycles. The molecule has 0 bridgehead atoms. The lowest BCUT2D eigenvalue weighted by molar-refractivity contribution is 0.465. The second-order valence-electron chi connectivity index (χ2n) is 4.55. The molecule has 0 amide bonds. The zero-order valence-electron chi connectivity index (χ0n) is 10.7. The van der Waals surface area contributed by atoms with Crippen LogP contribution in [-0.2, 0) is 0 Å². The van der Waals surface area contributed by atoms with E-state index >= 15 is 0 Å². The number of hydrogen-bond donors (Lipinski definition) is 2. The predicted octanol–water partition coefficient (Wildman–Crippen LogP) is 5.40. The van der Waals surface area contributed by atoms with Crippen molar-refractivity contribution in [3.63, 3.8) is 0 Å². The van der Waals surface area contributed by atoms with E-state index in [1.54, 1.807) is 6.07 Å². The van der Waals surface area contributed by atoms with Crippen LogP contribution in [0.5, 0.6) is 5.75 Å². The molecular formula is C15H15Br2NO. The van der Waals surface area contributed by atoms with E-state index in [0.29, 0.717) is 5.75 Å². The highest BCUT2D eigenvalue weighted by atomic mass is 79.9. The number of anilines is 1. The molecule has 0 saturated carbocycles. The van der Waals surface area contributed by atoms with Gasteiger partial charge < -0.3 is 10.4 Å². The van der Waals surface area contributed by atoms with E-state index < -0.39 is 0 Å². The normalized spacial score (nSPS) is 12.2. The van der Waals surface area contributed by atoms with Crippen LogP contribution in [0.1, 0.15) is 24.1 Å². The van der Waals surface area contributed by atoms with Gasteiger partial charge in [0.15, 0.2) is 0 Å². The first-order chi connectivity index (χ1) is 8.97. The van der Waals surface area contributed by atoms with Gasteiger partial charge in [-0.25, -0.2) is 0 Å². The molecule has 0 spiro atoms. The Bertz CT molecular complexity index is 599. The second-order valence-corrected chi connectivity index (χ2v) is 6.32. The SMILES string of the molecule is Cc1ccc(O)c(C(C)Nc2ccc(Br)cc2Br)c1. The molecule has 0 aliphatic heterocycles. The maximum Gasteiger partial charge on any atom is 0.120 e. The minimum absolute atomic E-state index is 0.0253. The zero-order valence-corrected chi connectivity index (χ0v) is 13.9. The minimum Gasteiger partial charge on any atom is -0.508 e. The van der Waals surface area contributed by atoms with Gasteiger partial charge in [0.1, 0.15) is 5.75 Å². The highest BCUT2D eigenvalue weighted by Gasteiger charge is 2.12. The summed E-state index contributed by atoms with van der Waals surface area (Å²) in [7, 11) is 0. The van der Waals surface area contributed by atoms with Crippen molar-refractivity contribution in [2.45, 2.75) is 19.9 Å². The molecule has 0 aliphatic rings. The Morgan fingerprint density at radius 2 is 1.84 bits per heavy atom. The van der Waals surface area contributed by atoms with Crippen molar-refractivity contribution in [3.8, 4) is 5.75 Å². The third kappa shape index (κ3) is 3.51. The van der Waals surface area contributed by atoms with Gasteiger partial charge in [0.2, 0.25) is 0 Å². The first-order valence-corrected chi connectivity index (χ1v) is 7.57. The molecule has 2 aromatic rings. The molecule has 4 heteroatoms. The third-order valence-corrected chi connectivity index (χ3v) is 4.10. The molecule has 0 saturated heterocycles. The lowest BCUT2D eigenvalue weighted by Crippen LogP contribution is -2.07. The summed E-state index contributed by atoms with van der Waals surface area (Å²) < 4.78 is 2.01. The van der Waals surface area contributed by atoms with Crippen molar-refractivity contribution < 1.29 is 5.11 Å². The van der Waals surface area contributed by atoms with Gasteiger partial charge in [0, 0.05) is 20.2 Å². The van der Waals surface area contributed by atoms with Crippen LogP contribution >= 0.6 is 31.9 Å². The highest BCUT2D eigenvalue weighted by Crippen LogP contribution is 2.32. The summed E-state index contributed by atoms with van der Waals surface area (Å²) in [5.74, 6) is 0.318. The van der Waals surface area contributed by atoms with Gasteiger partial charge in [-0.05, 0) is 54.0 Å². The molecule has 19 heavy (non-hydrogen) atoms. The quantitative estimate of drug-likeness (QED) is 0.742. The van der Waals surface area contributed by atoms with Crippen LogP contribution < -0.4 is 5.32 Å². The molecule has 2 aromatic carbocycles. The lowest BCUT2D eigenvalue weighted by atomic mass is 10.0. The number of halogens is 2. The van der Waals surface area contributed by atoms with Crippen molar-refractivity contribution in [2.24, 2.45) is 0 Å². The minimum atomic E-state index is 0.0253. The first-order valence-electron chi connectivity index (χ1n) is 5.98. The number of phenols is 1. The van der Waals surface area contributed by atoms with E-state index in [4.69, 9.17) is 0 Å². The summed E-state index contributed by atoms with van der Waals surface area (Å²) in [6, 6.07) is 11.6. The third-order valence-electron chi connectivity index (χ3n) is 2.95. The zero-order chi connectivity index (χ0) is 14.0. The summed E-state index contributed by atoms with van der Waals surface area (Å²) in [6.07, 6.45) is 0. The fraction of sp³-hybridized carbons (Fsp3) is 0.200. The number of nitrogens with one attached hydrogen (secondary N) is 1. The number of rotatable bonds is 3. The van der Waals surface area contributed by atoms with E-state index in [1.807, 2.05) is 44.2 Å². The Kier molecular flexibility index (Phi) is 4.53. The van der Waals surface area contributed by atoms with E-state index in [-0.39, 0.29) is 6.04 Å². The van der Waals surface area contributed by atoms with Crippen LogP contribution in [0.2, 0.25) is 0 Å². The molecule has 2 N–H and O–H groups in total. The number of aromatic hydroxyl groups is 1. The standard InChI is InChI=1S/C15H15Br2NO/c1-9-3-6-15(19)12(7-9)10(2)18-14-5-4-11(16)8-13(14)17/h3-8,10,18-19H,1-2H3. The number of phenolic OH excluding ortho intramolecular Hbond substituents is 1. The predicted molar refractivity (Wildman–Crippen MR) is 86.7 cm³/mol. The van der Waals surface area contributed by atoms with Crippen molar-refractivity contribution >= 4 is 37.5 Å². The Balaban J connectivity index is 2.25. The van der Waals surface area contributed by atoms with Crippen LogP contribution in [0.25, 0.3) is 0 Å². The Morgan fingerprint density at radius 3 is 2.53 bits per heavy atom. The number of hydrogen-bond acceptors (Lipinski definition) is 2. The van der Waals surface area contributed by atoms with E-state index in [2.05, 4.69) is 37.2 Å². The fourth-order valence-corrected chi connectivity index (χ4v) is 3.10. The van der Waals surface area contributed by atoms with Gasteiger partial charge >= 0.3 is 0 Å². The molecule has 2 rings (SSSR count). The number of aryl methyl sites for hydroxylation is 1. The number of benzene rings is 2. The van der Waals surface area contributed by atoms with Crippen LogP contribution in [-0.4, -0.2) is 5.11 Å². The maximum absolute atomic E-state index is 9.94. The highest BCUT2D eigenvalue weighted by molar-refractivity contribution is 9.11. The van der Waals surface area contributed by atoms with Crippen LogP contribution in [0, 0.1) is 6.92 Å². The van der Waals surface area contributed by atoms with E-state index in [1.165, 1.54) is 0 Å². The van der Waals surface area contributed by atoms with Crippen molar-refractivity contribution in [1.82, 2.24) is 0 Å². The summed E-state index contributed by atoms with van der Waals surface area (Å²) >= 11 is 6.96. The van der Waals surface area contributed by atoms with E-state index in [0.717, 1.165) is 25.8 Å². The molecular weight excluding hydrogens is 370 g/mol. The molecule has 0 heterocycles. The molecule has 1 atom stereocenters. The summed E-state index contributed by atoms with van der Waals surface area (Å²) in [5.41, 5.74) is 3.03. The van der Waals surface area contributed by atoms with Crippen LogP contribution in [0.4, 0.5) is 5.69 Å². The van der Waals surface area contributed by atoms with Crippen molar-refractivity contribution in [1.29, 1.82) is 0 Å². The van der Waals surface area contributed by atoms with Crippen LogP contribution in [0.3, 0.4) is 0 Å². The summed E-state index contributed by atoms with van der Waals surface area (Å²) in [4.78, 5) is 0. The monoisotopic (exact) mass is 383 g/mol. The van der Waals surface area contributed by atoms with Crippen molar-refractivity contribution in [2.75, 3.05) is 5.32 Å². The second kappa shape index (κ2) is 5.97. The molecule has 0 aliphatic carbocycles. The van der Waals surface area contributed by atoms with Gasteiger partial charge in [-0.1, -0.05) is 33.6 Å². The fourth-order valence-electron chi connectivity index (χ4n) is 1.94. The Morgan fingerprint density at radius 1 is 1.11 bits per heavy atom. The topological polar surface area (TPSA) is 32.3 Å². The Labute approximate surface area is 130 Å². The summed E-state index contributed by atoms with van der Waals surface area (Å²) in [5, 5.41) is 13.3. The summed E-state index contributed by atoms with van der Waals surface area (Å²) in [6.45, 7) is 4.05. The van der Waals surface area contributed by atoms with Gasteiger partial charge in [0.05, 0.1) is 6.04 Å². The van der Waals surface area contributed by atoms with Crippen molar-refractivity contribution in [3.05, 3.63) is 56.5 Å². The molecule has 1 unspecified atom stereocenters. The molecule has 0 radical (unpaired) electrons. The Hall–Kier alpha value is -1.000. The van der Waals surface area contributed by atoms with E-state index in [9.17, 15) is 5.11 Å². The average Bonchev–Trinajstić information content (AvgIpc) is 2.35. The molecule has 2 nitrogen and oxygen atoms in total. The van der Waals surface area contributed by atoms with Gasteiger partial charge in [0.25, 0.3) is 0 Å². The molecule has 100 valence electrons. The maximum atomic E-state index is 9.94. The van der Waals surface area contributed by atoms with Gasteiger partial charge in [-0.2, -0.15) is 0 Å². The first kappa shape index (κ1) is 14.4. The largest absolute Gasteiger partial charge is 0.508 e.